The zero-order valence-corrected chi connectivity index (χ0v) is 8.29. The molecular weight excluding hydrogens is 206 g/mol. The van der Waals surface area contributed by atoms with E-state index in [9.17, 15) is 14.7 Å². The molecular formula is C8H15NO6. The van der Waals surface area contributed by atoms with Crippen LogP contribution in [0.1, 0.15) is 13.3 Å². The molecule has 7 nitrogen and oxygen atoms in total. The highest BCUT2D eigenvalue weighted by Gasteiger charge is 2.27. The van der Waals surface area contributed by atoms with Crippen molar-refractivity contribution in [3.63, 3.8) is 0 Å². The molecule has 0 bridgehead atoms. The Balaban J connectivity index is 4.22. The van der Waals surface area contributed by atoms with Gasteiger partial charge in [0.25, 0.3) is 0 Å². The van der Waals surface area contributed by atoms with Crippen molar-refractivity contribution < 1.29 is 29.7 Å². The molecule has 0 heterocycles. The topological polar surface area (TPSA) is 116 Å². The normalized spacial score (nSPS) is 16.5. The number of amides is 1. The fraction of sp³-hybridized carbons (Fsp3) is 0.750. The van der Waals surface area contributed by atoms with Crippen molar-refractivity contribution in [1.82, 2.24) is 5.48 Å². The van der Waals surface area contributed by atoms with Gasteiger partial charge in [0, 0.05) is 13.3 Å². The van der Waals surface area contributed by atoms with Crippen molar-refractivity contribution in [2.75, 3.05) is 6.61 Å². The van der Waals surface area contributed by atoms with Crippen LogP contribution in [0.25, 0.3) is 0 Å². The van der Waals surface area contributed by atoms with E-state index in [0.717, 1.165) is 0 Å². The molecule has 15 heavy (non-hydrogen) atoms. The second-order valence-electron chi connectivity index (χ2n) is 2.96. The number of rotatable bonds is 7. The molecule has 0 saturated heterocycles. The molecule has 88 valence electrons. The minimum Gasteiger partial charge on any atom is -0.394 e. The highest BCUT2D eigenvalue weighted by atomic mass is 16.7. The van der Waals surface area contributed by atoms with Gasteiger partial charge in [-0.2, -0.15) is 0 Å². The standard InChI is InChI=1S/C8H15NO6/c1-5(12)9-15-7(2-3-10)8(14)6(13)4-11/h3,6-8,11,13-14H,2,4H2,1H3,(H,9,12)/t6-,7-,8-/m0/s1. The highest BCUT2D eigenvalue weighted by Crippen LogP contribution is 2.06. The van der Waals surface area contributed by atoms with Crippen molar-refractivity contribution in [1.29, 1.82) is 0 Å². The monoisotopic (exact) mass is 221 g/mol. The molecule has 0 aromatic carbocycles. The van der Waals surface area contributed by atoms with E-state index in [0.29, 0.717) is 6.29 Å². The first-order valence-electron chi connectivity index (χ1n) is 4.35. The third-order valence-electron chi connectivity index (χ3n) is 1.64. The number of aldehydes is 1. The SMILES string of the molecule is CC(=O)NO[C@@H](CC=O)[C@@H](O)[C@@H](O)CO. The largest absolute Gasteiger partial charge is 0.394 e. The summed E-state index contributed by atoms with van der Waals surface area (Å²) >= 11 is 0. The maximum Gasteiger partial charge on any atom is 0.240 e. The Hall–Kier alpha value is -1.02. The van der Waals surface area contributed by atoms with Gasteiger partial charge in [-0.3, -0.25) is 9.63 Å². The molecule has 0 fully saturated rings. The van der Waals surface area contributed by atoms with Crippen LogP contribution in [0, 0.1) is 0 Å². The summed E-state index contributed by atoms with van der Waals surface area (Å²) < 4.78 is 0. The third-order valence-corrected chi connectivity index (χ3v) is 1.64. The zero-order chi connectivity index (χ0) is 11.8. The average molecular weight is 221 g/mol. The predicted octanol–water partition coefficient (Wildman–Crippen LogP) is -2.27. The lowest BCUT2D eigenvalue weighted by atomic mass is 10.1. The molecule has 0 aromatic rings. The molecule has 0 rings (SSSR count). The summed E-state index contributed by atoms with van der Waals surface area (Å²) in [6.45, 7) is 0.521. The minimum atomic E-state index is -1.45. The minimum absolute atomic E-state index is 0.210. The molecule has 0 aliphatic heterocycles. The summed E-state index contributed by atoms with van der Waals surface area (Å²) in [5.74, 6) is -0.503. The Morgan fingerprint density at radius 2 is 2.13 bits per heavy atom. The van der Waals surface area contributed by atoms with E-state index in [1.165, 1.54) is 6.92 Å². The van der Waals surface area contributed by atoms with E-state index in [1.54, 1.807) is 0 Å². The van der Waals surface area contributed by atoms with Gasteiger partial charge in [0.05, 0.1) is 6.61 Å². The fourth-order valence-corrected chi connectivity index (χ4v) is 0.867. The summed E-state index contributed by atoms with van der Waals surface area (Å²) in [5, 5.41) is 27.0. The zero-order valence-electron chi connectivity index (χ0n) is 8.29. The van der Waals surface area contributed by atoms with Crippen molar-refractivity contribution in [2.45, 2.75) is 31.7 Å². The molecule has 0 aromatic heterocycles. The number of hydroxylamine groups is 1. The number of aliphatic hydroxyl groups excluding tert-OH is 3. The third kappa shape index (κ3) is 5.43. The number of carbonyl (C=O) groups is 2. The molecule has 4 N–H and O–H groups in total. The summed E-state index contributed by atoms with van der Waals surface area (Å²) in [6.07, 6.45) is -3.71. The maximum atomic E-state index is 10.5. The van der Waals surface area contributed by atoms with Gasteiger partial charge < -0.3 is 20.1 Å². The predicted molar refractivity (Wildman–Crippen MR) is 48.5 cm³/mol. The maximum absolute atomic E-state index is 10.5. The highest BCUT2D eigenvalue weighted by molar-refractivity contribution is 5.71. The Morgan fingerprint density at radius 3 is 2.53 bits per heavy atom. The van der Waals surface area contributed by atoms with Crippen LogP contribution in [0.2, 0.25) is 0 Å². The Labute approximate surface area is 86.6 Å². The van der Waals surface area contributed by atoms with Gasteiger partial charge in [-0.15, -0.1) is 0 Å². The number of hydrogen-bond acceptors (Lipinski definition) is 6. The first kappa shape index (κ1) is 14.0. The lowest BCUT2D eigenvalue weighted by Gasteiger charge is -2.23. The Kier molecular flexibility index (Phi) is 6.80. The Morgan fingerprint density at radius 1 is 1.53 bits per heavy atom. The molecule has 0 unspecified atom stereocenters. The fourth-order valence-electron chi connectivity index (χ4n) is 0.867. The molecule has 0 radical (unpaired) electrons. The van der Waals surface area contributed by atoms with E-state index in [-0.39, 0.29) is 6.42 Å². The number of aliphatic hydroxyl groups is 3. The second-order valence-corrected chi connectivity index (χ2v) is 2.96. The molecule has 0 aliphatic rings. The van der Waals surface area contributed by atoms with Crippen LogP contribution in [0.4, 0.5) is 0 Å². The van der Waals surface area contributed by atoms with E-state index < -0.39 is 30.8 Å². The number of carbonyl (C=O) groups excluding carboxylic acids is 2. The van der Waals surface area contributed by atoms with Gasteiger partial charge in [0.15, 0.2) is 0 Å². The first-order chi connectivity index (χ1) is 7.02. The quantitative estimate of drug-likeness (QED) is 0.284. The van der Waals surface area contributed by atoms with Crippen LogP contribution in [-0.2, 0) is 14.4 Å². The van der Waals surface area contributed by atoms with Gasteiger partial charge >= 0.3 is 0 Å². The van der Waals surface area contributed by atoms with Crippen LogP contribution >= 0.6 is 0 Å². The number of nitrogens with one attached hydrogen (secondary N) is 1. The van der Waals surface area contributed by atoms with Gasteiger partial charge in [-0.05, 0) is 0 Å². The second kappa shape index (κ2) is 7.30. The van der Waals surface area contributed by atoms with Crippen molar-refractivity contribution in [2.24, 2.45) is 0 Å². The van der Waals surface area contributed by atoms with Gasteiger partial charge in [-0.25, -0.2) is 5.48 Å². The van der Waals surface area contributed by atoms with Crippen molar-refractivity contribution in [3.05, 3.63) is 0 Å². The van der Waals surface area contributed by atoms with Crippen LogP contribution < -0.4 is 5.48 Å². The molecule has 3 atom stereocenters. The van der Waals surface area contributed by atoms with E-state index in [1.807, 2.05) is 5.48 Å². The summed E-state index contributed by atoms with van der Waals surface area (Å²) in [5.41, 5.74) is 1.94. The van der Waals surface area contributed by atoms with Crippen LogP contribution in [0.5, 0.6) is 0 Å². The summed E-state index contributed by atoms with van der Waals surface area (Å²) in [4.78, 5) is 25.4. The number of hydrogen-bond donors (Lipinski definition) is 4. The van der Waals surface area contributed by atoms with E-state index in [2.05, 4.69) is 4.84 Å². The first-order valence-corrected chi connectivity index (χ1v) is 4.35. The van der Waals surface area contributed by atoms with Crippen LogP contribution in [0.15, 0.2) is 0 Å². The van der Waals surface area contributed by atoms with Gasteiger partial charge in [-0.1, -0.05) is 0 Å². The van der Waals surface area contributed by atoms with Gasteiger partial charge in [0.1, 0.15) is 24.6 Å². The molecule has 7 heteroatoms. The van der Waals surface area contributed by atoms with Crippen molar-refractivity contribution >= 4 is 12.2 Å². The molecule has 0 spiro atoms. The molecule has 0 aliphatic carbocycles. The average Bonchev–Trinajstić information content (AvgIpc) is 2.21. The molecule has 1 amide bonds. The van der Waals surface area contributed by atoms with E-state index >= 15 is 0 Å². The van der Waals surface area contributed by atoms with Gasteiger partial charge in [0.2, 0.25) is 5.91 Å². The molecule has 0 saturated carbocycles. The smallest absolute Gasteiger partial charge is 0.240 e. The summed E-state index contributed by atoms with van der Waals surface area (Å²) in [6, 6.07) is 0. The lowest BCUT2D eigenvalue weighted by molar-refractivity contribution is -0.156. The Bertz CT molecular complexity index is 209. The summed E-state index contributed by atoms with van der Waals surface area (Å²) in [7, 11) is 0. The van der Waals surface area contributed by atoms with E-state index in [4.69, 9.17) is 10.2 Å². The van der Waals surface area contributed by atoms with Crippen LogP contribution in [0.3, 0.4) is 0 Å². The van der Waals surface area contributed by atoms with Crippen molar-refractivity contribution in [3.8, 4) is 0 Å². The van der Waals surface area contributed by atoms with Crippen LogP contribution in [-0.4, -0.2) is 52.4 Å². The lowest BCUT2D eigenvalue weighted by Crippen LogP contribution is -2.44.